The van der Waals surface area contributed by atoms with Gasteiger partial charge in [-0.25, -0.2) is 8.42 Å². The van der Waals surface area contributed by atoms with Crippen molar-refractivity contribution in [1.29, 1.82) is 0 Å². The highest BCUT2D eigenvalue weighted by Crippen LogP contribution is 2.28. The second-order valence-electron chi connectivity index (χ2n) is 6.37. The minimum absolute atomic E-state index is 0.211. The van der Waals surface area contributed by atoms with Gasteiger partial charge in [-0.05, 0) is 29.6 Å². The number of anilines is 1. The van der Waals surface area contributed by atoms with Crippen LogP contribution in [0.2, 0.25) is 0 Å². The third-order valence-electron chi connectivity index (χ3n) is 4.67. The summed E-state index contributed by atoms with van der Waals surface area (Å²) in [5, 5.41) is 21.7. The Hall–Kier alpha value is -2.89. The van der Waals surface area contributed by atoms with Gasteiger partial charge in [0, 0.05) is 32.2 Å². The molecule has 9 nitrogen and oxygen atoms in total. The number of piperazine rings is 1. The summed E-state index contributed by atoms with van der Waals surface area (Å²) in [6.07, 6.45) is 0. The van der Waals surface area contributed by atoms with Crippen molar-refractivity contribution in [2.75, 3.05) is 31.1 Å². The average molecular weight is 431 g/mol. The summed E-state index contributed by atoms with van der Waals surface area (Å²) in [5.41, 5.74) is 0.381. The number of nitro groups is 1. The number of nitrogens with zero attached hydrogens (tertiary/aromatic N) is 5. The highest BCUT2D eigenvalue weighted by atomic mass is 32.2. The minimum atomic E-state index is -3.95. The molecule has 0 bridgehead atoms. The molecule has 1 fully saturated rings. The van der Waals surface area contributed by atoms with Gasteiger partial charge < -0.3 is 4.90 Å². The lowest BCUT2D eigenvalue weighted by Crippen LogP contribution is -2.49. The first-order valence-corrected chi connectivity index (χ1v) is 11.1. The Labute approximate surface area is 171 Å². The van der Waals surface area contributed by atoms with Crippen LogP contribution in [-0.2, 0) is 10.0 Å². The van der Waals surface area contributed by atoms with Crippen LogP contribution in [0, 0.1) is 10.1 Å². The van der Waals surface area contributed by atoms with Crippen LogP contribution in [0.15, 0.2) is 58.8 Å². The van der Waals surface area contributed by atoms with E-state index in [0.717, 1.165) is 10.6 Å². The third-order valence-corrected chi connectivity index (χ3v) is 7.50. The molecule has 3 heterocycles. The van der Waals surface area contributed by atoms with Gasteiger partial charge in [0.05, 0.1) is 9.80 Å². The number of rotatable bonds is 5. The molecule has 0 amide bonds. The highest BCUT2D eigenvalue weighted by molar-refractivity contribution is 7.89. The molecule has 1 aliphatic heterocycles. The maximum Gasteiger partial charge on any atom is 0.289 e. The SMILES string of the molecule is O=[N+]([O-])c1ccccc1S(=O)(=O)N1CCN(c2ccc(-c3cccs3)nn2)CC1. The van der Waals surface area contributed by atoms with E-state index < -0.39 is 20.6 Å². The van der Waals surface area contributed by atoms with Crippen LogP contribution in [0.1, 0.15) is 0 Å². The standard InChI is InChI=1S/C18H17N5O4S2/c24-23(25)15-4-1-2-6-17(15)29(26,27)22-11-9-21(10-12-22)18-8-7-14(19-20-18)16-5-3-13-28-16/h1-8,13H,9-12H2. The Morgan fingerprint density at radius 2 is 1.72 bits per heavy atom. The Balaban J connectivity index is 1.47. The molecule has 29 heavy (non-hydrogen) atoms. The zero-order valence-corrected chi connectivity index (χ0v) is 16.8. The number of hydrogen-bond donors (Lipinski definition) is 0. The molecule has 0 atom stereocenters. The molecular formula is C18H17N5O4S2. The Morgan fingerprint density at radius 1 is 0.966 bits per heavy atom. The molecule has 0 unspecified atom stereocenters. The molecule has 1 saturated heterocycles. The first-order valence-electron chi connectivity index (χ1n) is 8.83. The van der Waals surface area contributed by atoms with Crippen LogP contribution in [-0.4, -0.2) is 54.0 Å². The number of aromatic nitrogens is 2. The smallest absolute Gasteiger partial charge is 0.289 e. The van der Waals surface area contributed by atoms with Crippen LogP contribution in [0.4, 0.5) is 11.5 Å². The van der Waals surface area contributed by atoms with E-state index in [2.05, 4.69) is 10.2 Å². The zero-order valence-electron chi connectivity index (χ0n) is 15.2. The molecule has 11 heteroatoms. The van der Waals surface area contributed by atoms with E-state index in [0.29, 0.717) is 18.9 Å². The van der Waals surface area contributed by atoms with Crippen LogP contribution in [0.3, 0.4) is 0 Å². The summed E-state index contributed by atoms with van der Waals surface area (Å²) in [5.74, 6) is 0.674. The summed E-state index contributed by atoms with van der Waals surface area (Å²) < 4.78 is 27.1. The topological polar surface area (TPSA) is 110 Å². The van der Waals surface area contributed by atoms with Gasteiger partial charge in [0.25, 0.3) is 5.69 Å². The number of para-hydroxylation sites is 1. The van der Waals surface area contributed by atoms with Crippen molar-refractivity contribution in [3.05, 3.63) is 64.0 Å². The minimum Gasteiger partial charge on any atom is -0.352 e. The van der Waals surface area contributed by atoms with Gasteiger partial charge >= 0.3 is 0 Å². The Kier molecular flexibility index (Phi) is 5.26. The van der Waals surface area contributed by atoms with Gasteiger partial charge in [-0.3, -0.25) is 10.1 Å². The summed E-state index contributed by atoms with van der Waals surface area (Å²) in [6, 6.07) is 13.1. The van der Waals surface area contributed by atoms with Crippen molar-refractivity contribution < 1.29 is 13.3 Å². The molecule has 0 spiro atoms. The van der Waals surface area contributed by atoms with Gasteiger partial charge in [0.2, 0.25) is 10.0 Å². The van der Waals surface area contributed by atoms with E-state index >= 15 is 0 Å². The monoisotopic (exact) mass is 431 g/mol. The molecule has 0 N–H and O–H groups in total. The van der Waals surface area contributed by atoms with Gasteiger partial charge in [-0.15, -0.1) is 21.5 Å². The van der Waals surface area contributed by atoms with E-state index in [1.807, 2.05) is 34.5 Å². The quantitative estimate of drug-likeness (QED) is 0.451. The first-order chi connectivity index (χ1) is 14.0. The Bertz CT molecular complexity index is 1110. The third kappa shape index (κ3) is 3.84. The van der Waals surface area contributed by atoms with Crippen LogP contribution in [0.25, 0.3) is 10.6 Å². The molecular weight excluding hydrogens is 414 g/mol. The van der Waals surface area contributed by atoms with E-state index in [1.54, 1.807) is 11.3 Å². The van der Waals surface area contributed by atoms with Gasteiger partial charge in [0.15, 0.2) is 10.7 Å². The van der Waals surface area contributed by atoms with Crippen molar-refractivity contribution in [2.24, 2.45) is 0 Å². The molecule has 0 aliphatic carbocycles. The number of hydrogen-bond acceptors (Lipinski definition) is 8. The molecule has 0 saturated carbocycles. The fraction of sp³-hybridized carbons (Fsp3) is 0.222. The van der Waals surface area contributed by atoms with E-state index in [9.17, 15) is 18.5 Å². The summed E-state index contributed by atoms with van der Waals surface area (Å²) in [7, 11) is -3.95. The first kappa shape index (κ1) is 19.4. The molecule has 0 radical (unpaired) electrons. The lowest BCUT2D eigenvalue weighted by atomic mass is 10.3. The number of benzene rings is 1. The summed E-state index contributed by atoms with van der Waals surface area (Å²) in [4.78, 5) is 13.2. The second-order valence-corrected chi connectivity index (χ2v) is 9.22. The average Bonchev–Trinajstić information content (AvgIpc) is 3.29. The van der Waals surface area contributed by atoms with Crippen molar-refractivity contribution in [3.63, 3.8) is 0 Å². The zero-order chi connectivity index (χ0) is 20.4. The van der Waals surface area contributed by atoms with Crippen molar-refractivity contribution in [2.45, 2.75) is 4.90 Å². The number of sulfonamides is 1. The van der Waals surface area contributed by atoms with Crippen LogP contribution in [0.5, 0.6) is 0 Å². The van der Waals surface area contributed by atoms with Gasteiger partial charge in [-0.2, -0.15) is 4.31 Å². The Morgan fingerprint density at radius 3 is 2.34 bits per heavy atom. The molecule has 4 rings (SSSR count). The maximum atomic E-state index is 12.9. The van der Waals surface area contributed by atoms with Crippen LogP contribution >= 0.6 is 11.3 Å². The molecule has 3 aromatic rings. The fourth-order valence-corrected chi connectivity index (χ4v) is 5.44. The summed E-state index contributed by atoms with van der Waals surface area (Å²) in [6.45, 7) is 1.27. The number of nitro benzene ring substituents is 1. The molecule has 150 valence electrons. The molecule has 1 aromatic carbocycles. The van der Waals surface area contributed by atoms with Crippen molar-refractivity contribution in [3.8, 4) is 10.6 Å². The normalized spacial score (nSPS) is 15.4. The van der Waals surface area contributed by atoms with Crippen molar-refractivity contribution >= 4 is 32.9 Å². The predicted molar refractivity (Wildman–Crippen MR) is 109 cm³/mol. The van der Waals surface area contributed by atoms with E-state index in [-0.39, 0.29) is 18.0 Å². The second kappa shape index (κ2) is 7.85. The van der Waals surface area contributed by atoms with E-state index in [4.69, 9.17) is 0 Å². The summed E-state index contributed by atoms with van der Waals surface area (Å²) >= 11 is 1.58. The largest absolute Gasteiger partial charge is 0.352 e. The molecule has 2 aromatic heterocycles. The lowest BCUT2D eigenvalue weighted by Gasteiger charge is -2.34. The van der Waals surface area contributed by atoms with E-state index in [1.165, 1.54) is 28.6 Å². The molecule has 1 aliphatic rings. The lowest BCUT2D eigenvalue weighted by molar-refractivity contribution is -0.387. The van der Waals surface area contributed by atoms with Gasteiger partial charge in [-0.1, -0.05) is 18.2 Å². The highest BCUT2D eigenvalue weighted by Gasteiger charge is 2.33. The fourth-order valence-electron chi connectivity index (χ4n) is 3.17. The van der Waals surface area contributed by atoms with Gasteiger partial charge in [0.1, 0.15) is 5.69 Å². The predicted octanol–water partition coefficient (Wildman–Crippen LogP) is 2.62. The van der Waals surface area contributed by atoms with Crippen molar-refractivity contribution in [1.82, 2.24) is 14.5 Å². The number of thiophene rings is 1. The maximum absolute atomic E-state index is 12.9. The van der Waals surface area contributed by atoms with Crippen LogP contribution < -0.4 is 4.90 Å².